The van der Waals surface area contributed by atoms with Crippen LogP contribution in [0.2, 0.25) is 0 Å². The minimum Gasteiger partial charge on any atom is -0.472 e. The molecule has 24 heteroatoms. The zero-order valence-electron chi connectivity index (χ0n) is 18.7. The van der Waals surface area contributed by atoms with Crippen molar-refractivity contribution in [2.45, 2.75) is 36.0 Å². The summed E-state index contributed by atoms with van der Waals surface area (Å²) in [5.74, 6) is -24.3. The first-order valence-electron chi connectivity index (χ1n) is 9.66. The maximum atomic E-state index is 14.3. The highest BCUT2D eigenvalue weighted by atomic mass is 19.4. The average molecular weight is 660 g/mol. The van der Waals surface area contributed by atoms with E-state index >= 15 is 0 Å². The average Bonchev–Trinajstić information content (AvgIpc) is 2.79. The van der Waals surface area contributed by atoms with Crippen LogP contribution < -0.4 is 9.47 Å². The Morgan fingerprint density at radius 3 is 0.857 bits per heavy atom. The monoisotopic (exact) mass is 660 g/mol. The van der Waals surface area contributed by atoms with E-state index in [0.717, 1.165) is 0 Å². The molecule has 2 heterocycles. The summed E-state index contributed by atoms with van der Waals surface area (Å²) in [6.45, 7) is -3.47. The number of ether oxygens (including phenoxy) is 2. The number of alkyl halides is 14. The minimum absolute atomic E-state index is 1.74. The molecule has 238 valence electrons. The van der Waals surface area contributed by atoms with Crippen LogP contribution in [0.3, 0.4) is 0 Å². The normalized spacial score (nSPS) is 13.9. The highest BCUT2D eigenvalue weighted by molar-refractivity contribution is 5.35. The molecule has 2 aromatic heterocycles. The SMILES string of the molecule is Fc1nc(OCCOc2nc(F)c(F)c(C(F)(C(F)(F)F)C(F)(F)F)c2F)c(F)c(C(F)(C(F)(F)F)C(F)(F)F)c1F. The van der Waals surface area contributed by atoms with Crippen molar-refractivity contribution in [1.82, 2.24) is 9.97 Å². The van der Waals surface area contributed by atoms with Crippen molar-refractivity contribution in [1.29, 1.82) is 0 Å². The Morgan fingerprint density at radius 1 is 0.405 bits per heavy atom. The smallest absolute Gasteiger partial charge is 0.436 e. The third kappa shape index (κ3) is 5.49. The van der Waals surface area contributed by atoms with Gasteiger partial charge in [0.05, 0.1) is 11.1 Å². The molecule has 0 radical (unpaired) electrons. The Hall–Kier alpha value is -3.50. The van der Waals surface area contributed by atoms with Crippen molar-refractivity contribution in [3.05, 3.63) is 46.3 Å². The van der Waals surface area contributed by atoms with Gasteiger partial charge in [0.15, 0.2) is 23.3 Å². The van der Waals surface area contributed by atoms with E-state index in [1.54, 1.807) is 0 Å². The Bertz CT molecular complexity index is 1200. The van der Waals surface area contributed by atoms with E-state index in [9.17, 15) is 87.8 Å². The van der Waals surface area contributed by atoms with Gasteiger partial charge in [-0.25, -0.2) is 26.3 Å². The summed E-state index contributed by atoms with van der Waals surface area (Å²) in [7, 11) is 0. The largest absolute Gasteiger partial charge is 0.472 e. The van der Waals surface area contributed by atoms with Crippen molar-refractivity contribution in [2.75, 3.05) is 13.2 Å². The van der Waals surface area contributed by atoms with E-state index < -0.39 is 107 Å². The van der Waals surface area contributed by atoms with E-state index in [1.807, 2.05) is 0 Å². The van der Waals surface area contributed by atoms with E-state index in [0.29, 0.717) is 0 Å². The molecule has 0 saturated carbocycles. The molecule has 4 nitrogen and oxygen atoms in total. The lowest BCUT2D eigenvalue weighted by Crippen LogP contribution is -2.51. The molecule has 0 unspecified atom stereocenters. The van der Waals surface area contributed by atoms with E-state index in [4.69, 9.17) is 0 Å². The predicted octanol–water partition coefficient (Wildman–Crippen LogP) is 7.35. The maximum absolute atomic E-state index is 14.3. The Kier molecular flexibility index (Phi) is 8.80. The van der Waals surface area contributed by atoms with Crippen LogP contribution in [-0.4, -0.2) is 47.9 Å². The fourth-order valence-corrected chi connectivity index (χ4v) is 2.95. The molecule has 2 aromatic rings. The zero-order valence-corrected chi connectivity index (χ0v) is 18.7. The van der Waals surface area contributed by atoms with Crippen molar-refractivity contribution >= 4 is 0 Å². The van der Waals surface area contributed by atoms with Gasteiger partial charge in [-0.2, -0.15) is 71.4 Å². The molecule has 42 heavy (non-hydrogen) atoms. The molecule has 0 N–H and O–H groups in total. The lowest BCUT2D eigenvalue weighted by molar-refractivity contribution is -0.351. The fourth-order valence-electron chi connectivity index (χ4n) is 2.95. The number of aromatic nitrogens is 2. The second-order valence-electron chi connectivity index (χ2n) is 7.43. The van der Waals surface area contributed by atoms with Crippen molar-refractivity contribution in [3.8, 4) is 11.8 Å². The Labute approximate surface area is 215 Å². The first-order chi connectivity index (χ1) is 18.7. The van der Waals surface area contributed by atoms with Crippen LogP contribution in [0, 0.1) is 35.2 Å². The van der Waals surface area contributed by atoms with Crippen molar-refractivity contribution in [2.24, 2.45) is 0 Å². The number of hydrogen-bond acceptors (Lipinski definition) is 4. The second-order valence-corrected chi connectivity index (χ2v) is 7.43. The molecular formula is C18H4F20N2O2. The van der Waals surface area contributed by atoms with Crippen LogP contribution >= 0.6 is 0 Å². The van der Waals surface area contributed by atoms with Crippen molar-refractivity contribution in [3.63, 3.8) is 0 Å². The standard InChI is InChI=1S/C18H4F20N2O2/c19-5-3(13(25,15(27,28)29)16(30,31)32)7(21)11(39-9(5)23)41-1-2-42-12-8(22)4(6(20)10(24)40-12)14(26,17(33,34)35)18(36,37)38/h1-2H2. The molecule has 0 amide bonds. The zero-order chi connectivity index (χ0) is 33.0. The summed E-state index contributed by atoms with van der Waals surface area (Å²) >= 11 is 0. The molecule has 0 atom stereocenters. The van der Waals surface area contributed by atoms with Crippen molar-refractivity contribution < 1.29 is 97.3 Å². The molecule has 0 spiro atoms. The molecule has 0 aliphatic rings. The van der Waals surface area contributed by atoms with E-state index in [1.165, 1.54) is 0 Å². The van der Waals surface area contributed by atoms with Crippen LogP contribution in [0.4, 0.5) is 87.8 Å². The van der Waals surface area contributed by atoms with Gasteiger partial charge in [-0.1, -0.05) is 0 Å². The fraction of sp³-hybridized carbons (Fsp3) is 0.444. The molecular weight excluding hydrogens is 656 g/mol. The van der Waals surface area contributed by atoms with Gasteiger partial charge in [0.25, 0.3) is 23.7 Å². The molecule has 0 aliphatic carbocycles. The van der Waals surface area contributed by atoms with Crippen LogP contribution in [0.1, 0.15) is 11.1 Å². The first kappa shape index (κ1) is 34.7. The predicted molar refractivity (Wildman–Crippen MR) is 89.0 cm³/mol. The van der Waals surface area contributed by atoms with E-state index in [2.05, 4.69) is 19.4 Å². The second kappa shape index (κ2) is 10.6. The maximum Gasteiger partial charge on any atom is 0.436 e. The van der Waals surface area contributed by atoms with Crippen LogP contribution in [-0.2, 0) is 11.3 Å². The number of halogens is 20. The van der Waals surface area contributed by atoms with Gasteiger partial charge in [0, 0.05) is 0 Å². The van der Waals surface area contributed by atoms with Gasteiger partial charge >= 0.3 is 36.0 Å². The third-order valence-electron chi connectivity index (χ3n) is 4.83. The number of rotatable bonds is 7. The molecule has 0 fully saturated rings. The van der Waals surface area contributed by atoms with Gasteiger partial charge in [-0.05, 0) is 0 Å². The summed E-state index contributed by atoms with van der Waals surface area (Å²) in [6.07, 6.45) is -28.8. The van der Waals surface area contributed by atoms with Gasteiger partial charge in [0.2, 0.25) is 0 Å². The van der Waals surface area contributed by atoms with Crippen LogP contribution in [0.15, 0.2) is 0 Å². The number of nitrogens with zero attached hydrogens (tertiary/aromatic N) is 2. The lowest BCUT2D eigenvalue weighted by atomic mass is 9.93. The topological polar surface area (TPSA) is 44.2 Å². The first-order valence-corrected chi connectivity index (χ1v) is 9.66. The van der Waals surface area contributed by atoms with Crippen LogP contribution in [0.5, 0.6) is 11.8 Å². The summed E-state index contributed by atoms with van der Waals surface area (Å²) in [5.41, 5.74) is -21.2. The molecule has 2 rings (SSSR count). The summed E-state index contributed by atoms with van der Waals surface area (Å²) in [5, 5.41) is 0. The summed E-state index contributed by atoms with van der Waals surface area (Å²) in [6, 6.07) is 0. The summed E-state index contributed by atoms with van der Waals surface area (Å²) in [4.78, 5) is 4.21. The molecule has 0 aromatic carbocycles. The van der Waals surface area contributed by atoms with Gasteiger partial charge < -0.3 is 9.47 Å². The van der Waals surface area contributed by atoms with Crippen LogP contribution in [0.25, 0.3) is 0 Å². The van der Waals surface area contributed by atoms with E-state index in [-0.39, 0.29) is 0 Å². The molecule has 0 saturated heterocycles. The van der Waals surface area contributed by atoms with Gasteiger partial charge in [-0.3, -0.25) is 0 Å². The van der Waals surface area contributed by atoms with Gasteiger partial charge in [-0.15, -0.1) is 0 Å². The van der Waals surface area contributed by atoms with Gasteiger partial charge in [0.1, 0.15) is 13.2 Å². The molecule has 0 bridgehead atoms. The lowest BCUT2D eigenvalue weighted by Gasteiger charge is -2.31. The highest BCUT2D eigenvalue weighted by Crippen LogP contribution is 2.56. The summed E-state index contributed by atoms with van der Waals surface area (Å²) < 4.78 is 274. The number of hydrogen-bond donors (Lipinski definition) is 0. The number of pyridine rings is 2. The Morgan fingerprint density at radius 2 is 0.643 bits per heavy atom. The Balaban J connectivity index is 2.48. The third-order valence-corrected chi connectivity index (χ3v) is 4.83. The molecule has 0 aliphatic heterocycles. The quantitative estimate of drug-likeness (QED) is 0.177. The minimum atomic E-state index is -7.20. The highest BCUT2D eigenvalue weighted by Gasteiger charge is 2.77.